The number of benzene rings is 1. The number of nitrogens with one attached hydrogen (secondary N) is 1. The zero-order chi connectivity index (χ0) is 18.9. The number of aryl methyl sites for hydroxylation is 2. The van der Waals surface area contributed by atoms with E-state index in [9.17, 15) is 14.0 Å². The average molecular weight is 361 g/mol. The molecule has 2 N–H and O–H groups in total. The molecular weight excluding hydrogens is 337 g/mol. The van der Waals surface area contributed by atoms with Crippen LogP contribution in [0, 0.1) is 5.82 Å². The van der Waals surface area contributed by atoms with E-state index in [2.05, 4.69) is 14.9 Å². The molecule has 0 radical (unpaired) electrons. The Bertz CT molecular complexity index is 728. The number of imidazole rings is 1. The molecule has 0 bridgehead atoms. The third-order valence-electron chi connectivity index (χ3n) is 4.21. The number of rotatable bonds is 10. The van der Waals surface area contributed by atoms with Gasteiger partial charge in [-0.15, -0.1) is 0 Å². The number of nitrogens with zero attached hydrogens (tertiary/aromatic N) is 2. The van der Waals surface area contributed by atoms with Crippen molar-refractivity contribution < 1.29 is 19.1 Å². The van der Waals surface area contributed by atoms with Crippen LogP contribution in [-0.4, -0.2) is 33.1 Å². The maximum absolute atomic E-state index is 13.0. The fraction of sp³-hybridized carbons (Fsp3) is 0.421. The van der Waals surface area contributed by atoms with Gasteiger partial charge in [0.05, 0.1) is 6.42 Å². The van der Waals surface area contributed by atoms with Gasteiger partial charge < -0.3 is 15.0 Å². The predicted octanol–water partition coefficient (Wildman–Crippen LogP) is 2.74. The largest absolute Gasteiger partial charge is 0.481 e. The number of hydrogen-bond acceptors (Lipinski definition) is 3. The molecule has 0 aliphatic rings. The van der Waals surface area contributed by atoms with Gasteiger partial charge in [-0.3, -0.25) is 9.59 Å². The number of carboxylic acids is 1. The van der Waals surface area contributed by atoms with Gasteiger partial charge in [0.15, 0.2) is 0 Å². The van der Waals surface area contributed by atoms with Gasteiger partial charge in [-0.2, -0.15) is 0 Å². The number of amides is 1. The van der Waals surface area contributed by atoms with Crippen LogP contribution in [0.25, 0.3) is 0 Å². The minimum atomic E-state index is -0.987. The van der Waals surface area contributed by atoms with Crippen molar-refractivity contribution in [3.63, 3.8) is 0 Å². The van der Waals surface area contributed by atoms with E-state index in [1.54, 1.807) is 6.20 Å². The number of halogens is 1. The van der Waals surface area contributed by atoms with Gasteiger partial charge >= 0.3 is 5.97 Å². The second kappa shape index (κ2) is 9.70. The molecule has 1 atom stereocenters. The van der Waals surface area contributed by atoms with Gasteiger partial charge in [-0.05, 0) is 24.1 Å². The van der Waals surface area contributed by atoms with E-state index < -0.39 is 17.7 Å². The van der Waals surface area contributed by atoms with Crippen molar-refractivity contribution in [1.29, 1.82) is 0 Å². The van der Waals surface area contributed by atoms with Crippen molar-refractivity contribution in [3.05, 3.63) is 53.9 Å². The van der Waals surface area contributed by atoms with Gasteiger partial charge in [0.25, 0.3) is 0 Å². The summed E-state index contributed by atoms with van der Waals surface area (Å²) in [5.41, 5.74) is 0.648. The molecule has 0 saturated carbocycles. The lowest BCUT2D eigenvalue weighted by molar-refractivity contribution is -0.137. The molecule has 0 aliphatic heterocycles. The van der Waals surface area contributed by atoms with Crippen molar-refractivity contribution in [2.75, 3.05) is 6.54 Å². The Kier molecular flexibility index (Phi) is 7.32. The summed E-state index contributed by atoms with van der Waals surface area (Å²) in [5, 5.41) is 11.9. The van der Waals surface area contributed by atoms with E-state index >= 15 is 0 Å². The molecule has 1 amide bonds. The second-order valence-electron chi connectivity index (χ2n) is 6.14. The first-order valence-corrected chi connectivity index (χ1v) is 8.73. The molecule has 0 aliphatic carbocycles. The standard InChI is InChI=1S/C19H24FN3O3/c1-2-17-21-9-11-23(17)10-3-8-22-18(24)12-15(13-19(25)26)14-4-6-16(20)7-5-14/h4-7,9,11,15H,2-3,8,10,12-13H2,1H3,(H,22,24)(H,25,26). The van der Waals surface area contributed by atoms with Gasteiger partial charge in [-0.25, -0.2) is 9.37 Å². The predicted molar refractivity (Wildman–Crippen MR) is 95.2 cm³/mol. The van der Waals surface area contributed by atoms with Crippen LogP contribution in [0.3, 0.4) is 0 Å². The van der Waals surface area contributed by atoms with Crippen LogP contribution in [0.15, 0.2) is 36.7 Å². The van der Waals surface area contributed by atoms with E-state index in [-0.39, 0.29) is 18.7 Å². The fourth-order valence-corrected chi connectivity index (χ4v) is 2.88. The quantitative estimate of drug-likeness (QED) is 0.637. The Morgan fingerprint density at radius 2 is 2.00 bits per heavy atom. The molecule has 140 valence electrons. The molecule has 1 unspecified atom stereocenters. The summed E-state index contributed by atoms with van der Waals surface area (Å²) in [4.78, 5) is 27.5. The minimum Gasteiger partial charge on any atom is -0.481 e. The first-order valence-electron chi connectivity index (χ1n) is 8.73. The first-order chi connectivity index (χ1) is 12.5. The summed E-state index contributed by atoms with van der Waals surface area (Å²) in [6.45, 7) is 3.31. The molecule has 2 aromatic rings. The highest BCUT2D eigenvalue weighted by molar-refractivity contribution is 5.78. The highest BCUT2D eigenvalue weighted by atomic mass is 19.1. The third kappa shape index (κ3) is 5.98. The zero-order valence-electron chi connectivity index (χ0n) is 14.8. The normalized spacial score (nSPS) is 11.9. The van der Waals surface area contributed by atoms with Crippen LogP contribution in [0.5, 0.6) is 0 Å². The molecule has 1 heterocycles. The van der Waals surface area contributed by atoms with Crippen molar-refractivity contribution in [1.82, 2.24) is 14.9 Å². The lowest BCUT2D eigenvalue weighted by atomic mass is 9.92. The van der Waals surface area contributed by atoms with Gasteiger partial charge in [0.1, 0.15) is 11.6 Å². The van der Waals surface area contributed by atoms with Crippen LogP contribution in [0.4, 0.5) is 4.39 Å². The molecule has 2 rings (SSSR count). The van der Waals surface area contributed by atoms with E-state index in [1.807, 2.05) is 13.1 Å². The SMILES string of the molecule is CCc1nccn1CCCNC(=O)CC(CC(=O)O)c1ccc(F)cc1. The molecule has 26 heavy (non-hydrogen) atoms. The number of aromatic nitrogens is 2. The summed E-state index contributed by atoms with van der Waals surface area (Å²) in [7, 11) is 0. The highest BCUT2D eigenvalue weighted by Gasteiger charge is 2.19. The number of carbonyl (C=O) groups is 2. The Hall–Kier alpha value is -2.70. The molecule has 0 saturated heterocycles. The molecule has 0 fully saturated rings. The molecule has 0 spiro atoms. The molecule has 7 heteroatoms. The summed E-state index contributed by atoms with van der Waals surface area (Å²) < 4.78 is 15.1. The topological polar surface area (TPSA) is 84.2 Å². The summed E-state index contributed by atoms with van der Waals surface area (Å²) in [5.74, 6) is -1.05. The van der Waals surface area contributed by atoms with E-state index in [4.69, 9.17) is 5.11 Å². The molecule has 6 nitrogen and oxygen atoms in total. The van der Waals surface area contributed by atoms with Gasteiger partial charge in [0.2, 0.25) is 5.91 Å². The fourth-order valence-electron chi connectivity index (χ4n) is 2.88. The third-order valence-corrected chi connectivity index (χ3v) is 4.21. The lowest BCUT2D eigenvalue weighted by Crippen LogP contribution is -2.27. The van der Waals surface area contributed by atoms with Crippen LogP contribution >= 0.6 is 0 Å². The van der Waals surface area contributed by atoms with E-state index in [1.165, 1.54) is 24.3 Å². The summed E-state index contributed by atoms with van der Waals surface area (Å²) in [6, 6.07) is 5.61. The number of carbonyl (C=O) groups excluding carboxylic acids is 1. The Morgan fingerprint density at radius 3 is 2.65 bits per heavy atom. The number of hydrogen-bond donors (Lipinski definition) is 2. The maximum Gasteiger partial charge on any atom is 0.303 e. The Morgan fingerprint density at radius 1 is 1.27 bits per heavy atom. The van der Waals surface area contributed by atoms with Crippen LogP contribution in [0.2, 0.25) is 0 Å². The monoisotopic (exact) mass is 361 g/mol. The van der Waals surface area contributed by atoms with Crippen LogP contribution < -0.4 is 5.32 Å². The van der Waals surface area contributed by atoms with Crippen LogP contribution in [-0.2, 0) is 22.6 Å². The highest BCUT2D eigenvalue weighted by Crippen LogP contribution is 2.23. The molecule has 1 aromatic carbocycles. The van der Waals surface area contributed by atoms with Crippen LogP contribution in [0.1, 0.15) is 43.5 Å². The second-order valence-corrected chi connectivity index (χ2v) is 6.14. The van der Waals surface area contributed by atoms with Crippen molar-refractivity contribution in [2.45, 2.75) is 45.1 Å². The average Bonchev–Trinajstić information content (AvgIpc) is 3.06. The van der Waals surface area contributed by atoms with E-state index in [0.717, 1.165) is 25.2 Å². The summed E-state index contributed by atoms with van der Waals surface area (Å²) in [6.07, 6.45) is 5.18. The van der Waals surface area contributed by atoms with E-state index in [0.29, 0.717) is 12.1 Å². The molecule has 1 aromatic heterocycles. The van der Waals surface area contributed by atoms with Crippen molar-refractivity contribution >= 4 is 11.9 Å². The smallest absolute Gasteiger partial charge is 0.303 e. The minimum absolute atomic E-state index is 0.0587. The lowest BCUT2D eigenvalue weighted by Gasteiger charge is -2.15. The number of carboxylic acid groups (broad SMARTS) is 1. The van der Waals surface area contributed by atoms with Gasteiger partial charge in [0, 0.05) is 44.2 Å². The maximum atomic E-state index is 13.0. The summed E-state index contributed by atoms with van der Waals surface area (Å²) >= 11 is 0. The van der Waals surface area contributed by atoms with Gasteiger partial charge in [-0.1, -0.05) is 19.1 Å². The van der Waals surface area contributed by atoms with Crippen molar-refractivity contribution in [3.8, 4) is 0 Å². The molecular formula is C19H24FN3O3. The first kappa shape index (κ1) is 19.6. The Labute approximate surface area is 152 Å². The zero-order valence-corrected chi connectivity index (χ0v) is 14.8. The van der Waals surface area contributed by atoms with Crippen molar-refractivity contribution in [2.24, 2.45) is 0 Å². The Balaban J connectivity index is 1.83. The number of aliphatic carboxylic acids is 1.